The van der Waals surface area contributed by atoms with Crippen LogP contribution in [0.25, 0.3) is 0 Å². The average Bonchev–Trinajstić information content (AvgIpc) is 2.19. The Morgan fingerprint density at radius 2 is 2.43 bits per heavy atom. The summed E-state index contributed by atoms with van der Waals surface area (Å²) >= 11 is 2.35. The van der Waals surface area contributed by atoms with Crippen molar-refractivity contribution in [1.82, 2.24) is 5.32 Å². The van der Waals surface area contributed by atoms with E-state index < -0.39 is 0 Å². The summed E-state index contributed by atoms with van der Waals surface area (Å²) in [6, 6.07) is 9.13. The van der Waals surface area contributed by atoms with Crippen LogP contribution in [0, 0.1) is 3.57 Å². The molecule has 0 amide bonds. The minimum Gasteiger partial charge on any atom is -0.379 e. The van der Waals surface area contributed by atoms with E-state index in [4.69, 9.17) is 4.74 Å². The molecule has 2 nitrogen and oxygen atoms in total. The van der Waals surface area contributed by atoms with Gasteiger partial charge in [-0.1, -0.05) is 12.1 Å². The van der Waals surface area contributed by atoms with Gasteiger partial charge in [-0.2, -0.15) is 0 Å². The summed E-state index contributed by atoms with van der Waals surface area (Å²) in [5, 5.41) is 3.46. The second-order valence-corrected chi connectivity index (χ2v) is 4.81. The van der Waals surface area contributed by atoms with Gasteiger partial charge in [-0.3, -0.25) is 0 Å². The molecule has 1 aliphatic rings. The molecule has 0 bridgehead atoms. The molecule has 76 valence electrons. The molecule has 3 heteroatoms. The predicted octanol–water partition coefficient (Wildman–Crippen LogP) is 1.82. The Hall–Kier alpha value is -0.130. The second kappa shape index (κ2) is 5.09. The van der Waals surface area contributed by atoms with Crippen LogP contribution in [0.5, 0.6) is 0 Å². The van der Waals surface area contributed by atoms with Gasteiger partial charge in [0.15, 0.2) is 0 Å². The van der Waals surface area contributed by atoms with Crippen molar-refractivity contribution >= 4 is 22.6 Å². The van der Waals surface area contributed by atoms with Gasteiger partial charge < -0.3 is 10.1 Å². The first-order valence-electron chi connectivity index (χ1n) is 4.90. The molecule has 0 saturated carbocycles. The second-order valence-electron chi connectivity index (χ2n) is 3.56. The maximum atomic E-state index is 5.42. The first kappa shape index (κ1) is 10.4. The summed E-state index contributed by atoms with van der Waals surface area (Å²) in [5.41, 5.74) is 1.39. The van der Waals surface area contributed by atoms with E-state index in [1.807, 2.05) is 0 Å². The topological polar surface area (TPSA) is 21.3 Å². The monoisotopic (exact) mass is 303 g/mol. The number of nitrogens with one attached hydrogen (secondary N) is 1. The quantitative estimate of drug-likeness (QED) is 0.842. The third-order valence-electron chi connectivity index (χ3n) is 2.37. The first-order valence-corrected chi connectivity index (χ1v) is 5.98. The van der Waals surface area contributed by atoms with E-state index >= 15 is 0 Å². The van der Waals surface area contributed by atoms with Crippen molar-refractivity contribution in [3.05, 3.63) is 33.4 Å². The summed E-state index contributed by atoms with van der Waals surface area (Å²) in [6.07, 6.45) is 1.07. The molecule has 0 aliphatic carbocycles. The lowest BCUT2D eigenvalue weighted by atomic mass is 10.1. The third-order valence-corrected chi connectivity index (χ3v) is 3.04. The molecule has 1 aliphatic heterocycles. The van der Waals surface area contributed by atoms with Gasteiger partial charge >= 0.3 is 0 Å². The fraction of sp³-hybridized carbons (Fsp3) is 0.455. The van der Waals surface area contributed by atoms with Crippen LogP contribution >= 0.6 is 22.6 Å². The van der Waals surface area contributed by atoms with Crippen LogP contribution < -0.4 is 5.32 Å². The van der Waals surface area contributed by atoms with Crippen LogP contribution in [0.2, 0.25) is 0 Å². The standard InChI is InChI=1S/C11H14INO/c12-10-3-1-2-9(6-10)7-11-8-14-5-4-13-11/h1-3,6,11,13H,4-5,7-8H2/t11-/m1/s1. The van der Waals surface area contributed by atoms with Gasteiger partial charge in [-0.05, 0) is 46.7 Å². The fourth-order valence-electron chi connectivity index (χ4n) is 1.70. The molecule has 0 aromatic heterocycles. The number of benzene rings is 1. The van der Waals surface area contributed by atoms with Crippen molar-refractivity contribution in [2.75, 3.05) is 19.8 Å². The first-order chi connectivity index (χ1) is 6.84. The van der Waals surface area contributed by atoms with Crippen molar-refractivity contribution < 1.29 is 4.74 Å². The maximum absolute atomic E-state index is 5.42. The zero-order valence-corrected chi connectivity index (χ0v) is 10.2. The molecule has 1 fully saturated rings. The van der Waals surface area contributed by atoms with Gasteiger partial charge in [-0.15, -0.1) is 0 Å². The minimum absolute atomic E-state index is 0.488. The number of halogens is 1. The Balaban J connectivity index is 1.95. The van der Waals surface area contributed by atoms with Crippen LogP contribution in [0.4, 0.5) is 0 Å². The summed E-state index contributed by atoms with van der Waals surface area (Å²) < 4.78 is 6.72. The summed E-state index contributed by atoms with van der Waals surface area (Å²) in [4.78, 5) is 0. The van der Waals surface area contributed by atoms with Gasteiger partial charge in [0.2, 0.25) is 0 Å². The van der Waals surface area contributed by atoms with Crippen molar-refractivity contribution in [3.63, 3.8) is 0 Å². The Morgan fingerprint density at radius 1 is 1.50 bits per heavy atom. The molecule has 1 aromatic rings. The Labute approximate surface area is 98.2 Å². The van der Waals surface area contributed by atoms with Gasteiger partial charge in [0.1, 0.15) is 0 Å². The van der Waals surface area contributed by atoms with Gasteiger partial charge in [-0.25, -0.2) is 0 Å². The number of rotatable bonds is 2. The molecular formula is C11H14INO. The molecule has 0 radical (unpaired) electrons. The Kier molecular flexibility index (Phi) is 3.78. The average molecular weight is 303 g/mol. The van der Waals surface area contributed by atoms with Crippen molar-refractivity contribution in [2.24, 2.45) is 0 Å². The summed E-state index contributed by atoms with van der Waals surface area (Å²) in [6.45, 7) is 2.67. The maximum Gasteiger partial charge on any atom is 0.0623 e. The molecule has 1 N–H and O–H groups in total. The van der Waals surface area contributed by atoms with Crippen molar-refractivity contribution in [1.29, 1.82) is 0 Å². The third kappa shape index (κ3) is 2.93. The zero-order valence-electron chi connectivity index (χ0n) is 8.00. The molecule has 1 aromatic carbocycles. The van der Waals surface area contributed by atoms with Gasteiger partial charge in [0, 0.05) is 16.2 Å². The Morgan fingerprint density at radius 3 is 3.14 bits per heavy atom. The smallest absolute Gasteiger partial charge is 0.0623 e. The highest BCUT2D eigenvalue weighted by Gasteiger charge is 2.12. The lowest BCUT2D eigenvalue weighted by Gasteiger charge is -2.23. The molecule has 14 heavy (non-hydrogen) atoms. The highest BCUT2D eigenvalue weighted by molar-refractivity contribution is 14.1. The lowest BCUT2D eigenvalue weighted by molar-refractivity contribution is 0.0770. The van der Waals surface area contributed by atoms with Crippen molar-refractivity contribution in [2.45, 2.75) is 12.5 Å². The lowest BCUT2D eigenvalue weighted by Crippen LogP contribution is -2.42. The van der Waals surface area contributed by atoms with Crippen LogP contribution in [-0.4, -0.2) is 25.8 Å². The molecule has 1 atom stereocenters. The van der Waals surface area contributed by atoms with Gasteiger partial charge in [0.25, 0.3) is 0 Å². The van der Waals surface area contributed by atoms with Crippen LogP contribution in [0.15, 0.2) is 24.3 Å². The van der Waals surface area contributed by atoms with E-state index in [0.29, 0.717) is 6.04 Å². The van der Waals surface area contributed by atoms with E-state index in [1.165, 1.54) is 9.13 Å². The fourth-order valence-corrected chi connectivity index (χ4v) is 2.31. The highest BCUT2D eigenvalue weighted by atomic mass is 127. The molecule has 1 heterocycles. The Bertz CT molecular complexity index is 297. The molecule has 1 saturated heterocycles. The van der Waals surface area contributed by atoms with Gasteiger partial charge in [0.05, 0.1) is 13.2 Å². The SMILES string of the molecule is Ic1cccc(C[C@@H]2COCCN2)c1. The number of ether oxygens (including phenoxy) is 1. The number of hydrogen-bond acceptors (Lipinski definition) is 2. The van der Waals surface area contributed by atoms with Crippen LogP contribution in [0.3, 0.4) is 0 Å². The normalized spacial score (nSPS) is 22.2. The molecule has 0 unspecified atom stereocenters. The van der Waals surface area contributed by atoms with E-state index in [-0.39, 0.29) is 0 Å². The van der Waals surface area contributed by atoms with Crippen LogP contribution in [-0.2, 0) is 11.2 Å². The molecule has 0 spiro atoms. The minimum atomic E-state index is 0.488. The zero-order chi connectivity index (χ0) is 9.80. The highest BCUT2D eigenvalue weighted by Crippen LogP contribution is 2.10. The van der Waals surface area contributed by atoms with E-state index in [0.717, 1.165) is 26.2 Å². The number of hydrogen-bond donors (Lipinski definition) is 1. The summed E-state index contributed by atoms with van der Waals surface area (Å²) in [5.74, 6) is 0. The van der Waals surface area contributed by atoms with E-state index in [2.05, 4.69) is 52.2 Å². The largest absolute Gasteiger partial charge is 0.379 e. The molecule has 2 rings (SSSR count). The molecular weight excluding hydrogens is 289 g/mol. The van der Waals surface area contributed by atoms with E-state index in [9.17, 15) is 0 Å². The van der Waals surface area contributed by atoms with Crippen LogP contribution in [0.1, 0.15) is 5.56 Å². The van der Waals surface area contributed by atoms with Crippen molar-refractivity contribution in [3.8, 4) is 0 Å². The van der Waals surface area contributed by atoms with E-state index in [1.54, 1.807) is 0 Å². The number of morpholine rings is 1. The predicted molar refractivity (Wildman–Crippen MR) is 65.5 cm³/mol. The summed E-state index contributed by atoms with van der Waals surface area (Å²) in [7, 11) is 0.